The molecule has 4 nitrogen and oxygen atoms in total. The smallest absolute Gasteiger partial charge is 0.303 e. The first-order valence-corrected chi connectivity index (χ1v) is 6.88. The summed E-state index contributed by atoms with van der Waals surface area (Å²) in [5.41, 5.74) is 1.38. The maximum atomic E-state index is 10.6. The third-order valence-corrected chi connectivity index (χ3v) is 3.36. The molecule has 0 aromatic heterocycles. The maximum Gasteiger partial charge on any atom is 0.303 e. The van der Waals surface area contributed by atoms with Gasteiger partial charge in [-0.15, -0.1) is 0 Å². The molecular weight excluding hydrogens is 244 g/mol. The van der Waals surface area contributed by atoms with Gasteiger partial charge in [-0.2, -0.15) is 0 Å². The molecule has 1 N–H and O–H groups in total. The number of aliphatic carboxylic acids is 1. The minimum absolute atomic E-state index is 0.267. The van der Waals surface area contributed by atoms with Crippen molar-refractivity contribution in [3.8, 4) is 0 Å². The summed E-state index contributed by atoms with van der Waals surface area (Å²) in [5.74, 6) is -0.261. The van der Waals surface area contributed by atoms with Crippen LogP contribution in [0.25, 0.3) is 0 Å². The minimum Gasteiger partial charge on any atom is -0.481 e. The number of ether oxygens (including phenoxy) is 2. The summed E-state index contributed by atoms with van der Waals surface area (Å²) in [4.78, 5) is 10.6. The van der Waals surface area contributed by atoms with Crippen molar-refractivity contribution < 1.29 is 19.4 Å². The summed E-state index contributed by atoms with van der Waals surface area (Å²) in [6.45, 7) is 0.847. The van der Waals surface area contributed by atoms with Gasteiger partial charge in [0.05, 0.1) is 6.61 Å². The lowest BCUT2D eigenvalue weighted by molar-refractivity contribution is -0.137. The van der Waals surface area contributed by atoms with Crippen LogP contribution in [0.3, 0.4) is 0 Å². The number of carbonyl (C=O) groups is 1. The highest BCUT2D eigenvalue weighted by Crippen LogP contribution is 2.32. The first-order chi connectivity index (χ1) is 9.24. The van der Waals surface area contributed by atoms with Gasteiger partial charge < -0.3 is 14.6 Å². The second kappa shape index (κ2) is 9.75. The fourth-order valence-corrected chi connectivity index (χ4v) is 2.40. The van der Waals surface area contributed by atoms with Crippen LogP contribution < -0.4 is 0 Å². The standard InChI is InChI=1S/C15H24O4/c1-18-12-19-11-5-4-8-13-6-2-3-7-14(13)9-10-15(16)17/h4-5,8,14H,2-3,6-7,9-12H2,1H3,(H,16,17)/b5-4+,13-8+. The van der Waals surface area contributed by atoms with Crippen LogP contribution in [0.15, 0.2) is 23.8 Å². The molecule has 1 unspecified atom stereocenters. The van der Waals surface area contributed by atoms with E-state index in [4.69, 9.17) is 14.6 Å². The summed E-state index contributed by atoms with van der Waals surface area (Å²) in [7, 11) is 1.60. The molecular formula is C15H24O4. The molecule has 1 atom stereocenters. The number of allylic oxidation sites excluding steroid dienone is 3. The van der Waals surface area contributed by atoms with E-state index in [1.807, 2.05) is 12.2 Å². The Bertz CT molecular complexity index is 320. The Kier molecular flexibility index (Phi) is 8.18. The predicted octanol–water partition coefficient (Wildman–Crippen LogP) is 3.14. The van der Waals surface area contributed by atoms with Crippen molar-refractivity contribution in [2.24, 2.45) is 5.92 Å². The predicted molar refractivity (Wildman–Crippen MR) is 73.9 cm³/mol. The van der Waals surface area contributed by atoms with Crippen molar-refractivity contribution in [1.29, 1.82) is 0 Å². The summed E-state index contributed by atoms with van der Waals surface area (Å²) in [6, 6.07) is 0. The van der Waals surface area contributed by atoms with Crippen LogP contribution in [-0.2, 0) is 14.3 Å². The number of rotatable bonds is 8. The topological polar surface area (TPSA) is 55.8 Å². The van der Waals surface area contributed by atoms with Gasteiger partial charge >= 0.3 is 5.97 Å². The Morgan fingerprint density at radius 3 is 3.05 bits per heavy atom. The van der Waals surface area contributed by atoms with Gasteiger partial charge in [0.25, 0.3) is 0 Å². The molecule has 108 valence electrons. The minimum atomic E-state index is -0.701. The maximum absolute atomic E-state index is 10.6. The van der Waals surface area contributed by atoms with Crippen LogP contribution in [0.5, 0.6) is 0 Å². The number of carboxylic acids is 1. The van der Waals surface area contributed by atoms with E-state index in [0.717, 1.165) is 19.3 Å². The van der Waals surface area contributed by atoms with Crippen LogP contribution in [0, 0.1) is 5.92 Å². The zero-order chi connectivity index (χ0) is 13.9. The molecule has 1 rings (SSSR count). The third kappa shape index (κ3) is 7.13. The molecule has 0 bridgehead atoms. The molecule has 0 aromatic rings. The highest BCUT2D eigenvalue weighted by atomic mass is 16.7. The first kappa shape index (κ1) is 15.9. The normalized spacial score (nSPS) is 22.2. The lowest BCUT2D eigenvalue weighted by atomic mass is 9.81. The molecule has 19 heavy (non-hydrogen) atoms. The van der Waals surface area contributed by atoms with E-state index in [-0.39, 0.29) is 6.42 Å². The zero-order valence-electron chi connectivity index (χ0n) is 11.6. The van der Waals surface area contributed by atoms with Crippen LogP contribution >= 0.6 is 0 Å². The molecule has 0 heterocycles. The van der Waals surface area contributed by atoms with Crippen molar-refractivity contribution >= 4 is 5.97 Å². The number of hydrogen-bond donors (Lipinski definition) is 1. The van der Waals surface area contributed by atoms with Crippen LogP contribution in [-0.4, -0.2) is 31.6 Å². The fraction of sp³-hybridized carbons (Fsp3) is 0.667. The van der Waals surface area contributed by atoms with E-state index in [1.165, 1.54) is 18.4 Å². The van der Waals surface area contributed by atoms with E-state index in [9.17, 15) is 4.79 Å². The molecule has 1 fully saturated rings. The van der Waals surface area contributed by atoms with Gasteiger partial charge in [-0.25, -0.2) is 0 Å². The molecule has 0 aliphatic heterocycles. The monoisotopic (exact) mass is 268 g/mol. The number of methoxy groups -OCH3 is 1. The van der Waals surface area contributed by atoms with Gasteiger partial charge in [-0.05, 0) is 31.6 Å². The van der Waals surface area contributed by atoms with Gasteiger partial charge in [-0.1, -0.05) is 30.2 Å². The quantitative estimate of drug-likeness (QED) is 0.543. The summed E-state index contributed by atoms with van der Waals surface area (Å²) >= 11 is 0. The van der Waals surface area contributed by atoms with Crippen LogP contribution in [0.2, 0.25) is 0 Å². The lowest BCUT2D eigenvalue weighted by Gasteiger charge is -2.24. The molecule has 1 saturated carbocycles. The Hall–Kier alpha value is -1.13. The number of carboxylic acid groups (broad SMARTS) is 1. The van der Waals surface area contributed by atoms with Gasteiger partial charge in [-0.3, -0.25) is 4.79 Å². The summed E-state index contributed by atoms with van der Waals surface area (Å²) in [6.07, 6.45) is 11.7. The Morgan fingerprint density at radius 1 is 1.47 bits per heavy atom. The van der Waals surface area contributed by atoms with Crippen LogP contribution in [0.4, 0.5) is 0 Å². The van der Waals surface area contributed by atoms with E-state index in [0.29, 0.717) is 19.3 Å². The van der Waals surface area contributed by atoms with Crippen molar-refractivity contribution in [3.05, 3.63) is 23.8 Å². The number of hydrogen-bond acceptors (Lipinski definition) is 3. The van der Waals surface area contributed by atoms with Gasteiger partial charge in [0.1, 0.15) is 6.79 Å². The fourth-order valence-electron chi connectivity index (χ4n) is 2.40. The highest BCUT2D eigenvalue weighted by molar-refractivity contribution is 5.66. The van der Waals surface area contributed by atoms with Gasteiger partial charge in [0.15, 0.2) is 0 Å². The lowest BCUT2D eigenvalue weighted by Crippen LogP contribution is -2.12. The van der Waals surface area contributed by atoms with E-state index in [2.05, 4.69) is 6.08 Å². The molecule has 1 aliphatic carbocycles. The van der Waals surface area contributed by atoms with Crippen molar-refractivity contribution in [2.75, 3.05) is 20.5 Å². The van der Waals surface area contributed by atoms with Crippen molar-refractivity contribution in [3.63, 3.8) is 0 Å². The highest BCUT2D eigenvalue weighted by Gasteiger charge is 2.18. The molecule has 1 aliphatic rings. The van der Waals surface area contributed by atoms with E-state index in [1.54, 1.807) is 7.11 Å². The second-order valence-electron chi connectivity index (χ2n) is 4.82. The summed E-state index contributed by atoms with van der Waals surface area (Å²) in [5, 5.41) is 8.77. The van der Waals surface area contributed by atoms with E-state index < -0.39 is 5.97 Å². The zero-order valence-corrected chi connectivity index (χ0v) is 11.6. The molecule has 0 amide bonds. The first-order valence-electron chi connectivity index (χ1n) is 6.88. The van der Waals surface area contributed by atoms with Gasteiger partial charge in [0.2, 0.25) is 0 Å². The average molecular weight is 268 g/mol. The Labute approximate surface area is 115 Å². The second-order valence-corrected chi connectivity index (χ2v) is 4.82. The van der Waals surface area contributed by atoms with Gasteiger partial charge in [0, 0.05) is 13.5 Å². The molecule has 0 radical (unpaired) electrons. The Morgan fingerprint density at radius 2 is 2.32 bits per heavy atom. The average Bonchev–Trinajstić information content (AvgIpc) is 2.41. The largest absolute Gasteiger partial charge is 0.481 e. The molecule has 0 aromatic carbocycles. The molecule has 0 spiro atoms. The molecule has 0 saturated heterocycles. The third-order valence-electron chi connectivity index (χ3n) is 3.36. The SMILES string of the molecule is COCOC/C=C/C=C1\CCCCC1CCC(=O)O. The van der Waals surface area contributed by atoms with Crippen molar-refractivity contribution in [2.45, 2.75) is 38.5 Å². The van der Waals surface area contributed by atoms with E-state index >= 15 is 0 Å². The molecule has 4 heteroatoms. The van der Waals surface area contributed by atoms with Crippen molar-refractivity contribution in [1.82, 2.24) is 0 Å². The Balaban J connectivity index is 2.39. The van der Waals surface area contributed by atoms with Crippen LogP contribution in [0.1, 0.15) is 38.5 Å². The summed E-state index contributed by atoms with van der Waals surface area (Å²) < 4.78 is 9.94.